The number of rotatable bonds is 8. The van der Waals surface area contributed by atoms with Crippen LogP contribution in [0.15, 0.2) is 57.7 Å². The summed E-state index contributed by atoms with van der Waals surface area (Å²) in [6.45, 7) is 5.72. The molecule has 3 aromatic rings. The SMILES string of the molecule is COc1ccc2c(C)c(CCC(=O)NC(CN3CCOCC3)c3ccccc3)c(=O)oc2c1. The molecule has 1 unspecified atom stereocenters. The quantitative estimate of drug-likeness (QED) is 0.531. The molecular weight excluding hydrogens is 420 g/mol. The van der Waals surface area contributed by atoms with Crippen LogP contribution in [0.4, 0.5) is 0 Å². The van der Waals surface area contributed by atoms with Gasteiger partial charge in [0.25, 0.3) is 0 Å². The Kier molecular flexibility index (Phi) is 7.42. The van der Waals surface area contributed by atoms with Gasteiger partial charge in [0, 0.05) is 43.1 Å². The van der Waals surface area contributed by atoms with Crippen LogP contribution in [0.2, 0.25) is 0 Å². The van der Waals surface area contributed by atoms with E-state index in [2.05, 4.69) is 10.2 Å². The maximum absolute atomic E-state index is 12.9. The number of morpholine rings is 1. The minimum atomic E-state index is -0.408. The van der Waals surface area contributed by atoms with E-state index in [1.54, 1.807) is 13.2 Å². The summed E-state index contributed by atoms with van der Waals surface area (Å²) >= 11 is 0. The van der Waals surface area contributed by atoms with Crippen LogP contribution in [0, 0.1) is 6.92 Å². The third-order valence-electron chi connectivity index (χ3n) is 6.18. The zero-order valence-corrected chi connectivity index (χ0v) is 19.1. The first kappa shape index (κ1) is 23.0. The van der Waals surface area contributed by atoms with Gasteiger partial charge in [-0.2, -0.15) is 0 Å². The van der Waals surface area contributed by atoms with Gasteiger partial charge < -0.3 is 19.2 Å². The molecule has 1 fully saturated rings. The van der Waals surface area contributed by atoms with Gasteiger partial charge in [0.15, 0.2) is 0 Å². The van der Waals surface area contributed by atoms with E-state index in [0.29, 0.717) is 36.5 Å². The lowest BCUT2D eigenvalue weighted by Gasteiger charge is -2.31. The number of hydrogen-bond acceptors (Lipinski definition) is 6. The van der Waals surface area contributed by atoms with Gasteiger partial charge in [-0.15, -0.1) is 0 Å². The Morgan fingerprint density at radius 1 is 1.15 bits per heavy atom. The average molecular weight is 451 g/mol. The highest BCUT2D eigenvalue weighted by Crippen LogP contribution is 2.24. The zero-order chi connectivity index (χ0) is 23.2. The summed E-state index contributed by atoms with van der Waals surface area (Å²) in [7, 11) is 1.57. The topological polar surface area (TPSA) is 81.0 Å². The van der Waals surface area contributed by atoms with Crippen LogP contribution in [0.1, 0.15) is 29.2 Å². The first-order valence-corrected chi connectivity index (χ1v) is 11.3. The monoisotopic (exact) mass is 450 g/mol. The summed E-state index contributed by atoms with van der Waals surface area (Å²) in [6, 6.07) is 15.3. The van der Waals surface area contributed by atoms with Crippen LogP contribution in [0.3, 0.4) is 0 Å². The fraction of sp³-hybridized carbons (Fsp3) is 0.385. The smallest absolute Gasteiger partial charge is 0.339 e. The van der Waals surface area contributed by atoms with E-state index in [-0.39, 0.29) is 18.4 Å². The lowest BCUT2D eigenvalue weighted by Crippen LogP contribution is -2.43. The molecule has 0 bridgehead atoms. The van der Waals surface area contributed by atoms with Gasteiger partial charge in [0.2, 0.25) is 5.91 Å². The summed E-state index contributed by atoms with van der Waals surface area (Å²) in [5.74, 6) is 0.537. The molecule has 2 heterocycles. The van der Waals surface area contributed by atoms with Crippen molar-refractivity contribution in [1.29, 1.82) is 0 Å². The van der Waals surface area contributed by atoms with Crippen molar-refractivity contribution in [3.8, 4) is 5.75 Å². The van der Waals surface area contributed by atoms with Crippen molar-refractivity contribution in [2.45, 2.75) is 25.8 Å². The highest BCUT2D eigenvalue weighted by molar-refractivity contribution is 5.83. The normalized spacial score (nSPS) is 15.3. The first-order valence-electron chi connectivity index (χ1n) is 11.3. The third-order valence-corrected chi connectivity index (χ3v) is 6.18. The molecule has 7 nitrogen and oxygen atoms in total. The van der Waals surface area contributed by atoms with E-state index in [9.17, 15) is 9.59 Å². The van der Waals surface area contributed by atoms with Gasteiger partial charge in [-0.1, -0.05) is 30.3 Å². The van der Waals surface area contributed by atoms with E-state index in [1.165, 1.54) is 0 Å². The summed E-state index contributed by atoms with van der Waals surface area (Å²) in [6.07, 6.45) is 0.529. The number of carbonyl (C=O) groups excluding carboxylic acids is 1. The zero-order valence-electron chi connectivity index (χ0n) is 19.1. The molecule has 2 aromatic carbocycles. The molecule has 1 amide bonds. The van der Waals surface area contributed by atoms with Crippen molar-refractivity contribution in [2.75, 3.05) is 40.0 Å². The molecular formula is C26H30N2O5. The standard InChI is InChI=1S/C26H30N2O5/c1-18-21-9-8-20(31-2)16-24(21)33-26(30)22(18)10-11-25(29)27-23(19-6-4-3-5-7-19)17-28-12-14-32-15-13-28/h3-9,16,23H,10-15,17H2,1-2H3,(H,27,29). The largest absolute Gasteiger partial charge is 0.497 e. The van der Waals surface area contributed by atoms with Crippen LogP contribution in [-0.4, -0.2) is 50.8 Å². The Bertz CT molecular complexity index is 1150. The Hall–Kier alpha value is -3.16. The van der Waals surface area contributed by atoms with Crippen LogP contribution >= 0.6 is 0 Å². The lowest BCUT2D eigenvalue weighted by molar-refractivity contribution is -0.122. The van der Waals surface area contributed by atoms with Gasteiger partial charge in [-0.05, 0) is 36.6 Å². The number of hydrogen-bond donors (Lipinski definition) is 1. The number of nitrogens with zero attached hydrogens (tertiary/aromatic N) is 1. The Morgan fingerprint density at radius 3 is 2.64 bits per heavy atom. The average Bonchev–Trinajstić information content (AvgIpc) is 2.84. The molecule has 7 heteroatoms. The molecule has 0 radical (unpaired) electrons. The first-order chi connectivity index (χ1) is 16.0. The number of amides is 1. The molecule has 33 heavy (non-hydrogen) atoms. The van der Waals surface area contributed by atoms with Gasteiger partial charge in [0.05, 0.1) is 26.4 Å². The molecule has 174 valence electrons. The summed E-state index contributed by atoms with van der Waals surface area (Å²) in [5.41, 5.74) is 2.51. The van der Waals surface area contributed by atoms with E-state index >= 15 is 0 Å². The molecule has 1 aliphatic heterocycles. The Morgan fingerprint density at radius 2 is 1.91 bits per heavy atom. The highest BCUT2D eigenvalue weighted by atomic mass is 16.5. The number of benzene rings is 2. The molecule has 0 spiro atoms. The van der Waals surface area contributed by atoms with Crippen molar-refractivity contribution < 1.29 is 18.7 Å². The van der Waals surface area contributed by atoms with Crippen LogP contribution < -0.4 is 15.7 Å². The van der Waals surface area contributed by atoms with Gasteiger partial charge >= 0.3 is 5.63 Å². The fourth-order valence-electron chi connectivity index (χ4n) is 4.26. The second kappa shape index (κ2) is 10.6. The van der Waals surface area contributed by atoms with Crippen molar-refractivity contribution >= 4 is 16.9 Å². The maximum Gasteiger partial charge on any atom is 0.339 e. The van der Waals surface area contributed by atoms with E-state index in [4.69, 9.17) is 13.9 Å². The number of fused-ring (bicyclic) bond motifs is 1. The fourth-order valence-corrected chi connectivity index (χ4v) is 4.26. The van der Waals surface area contributed by atoms with Gasteiger partial charge in [0.1, 0.15) is 11.3 Å². The molecule has 0 saturated carbocycles. The molecule has 1 N–H and O–H groups in total. The van der Waals surface area contributed by atoms with Crippen molar-refractivity contribution in [3.63, 3.8) is 0 Å². The highest BCUT2D eigenvalue weighted by Gasteiger charge is 2.21. The minimum Gasteiger partial charge on any atom is -0.497 e. The second-order valence-electron chi connectivity index (χ2n) is 8.30. The van der Waals surface area contributed by atoms with Crippen molar-refractivity contribution in [3.05, 3.63) is 75.6 Å². The molecule has 1 atom stereocenters. The van der Waals surface area contributed by atoms with Gasteiger partial charge in [-0.3, -0.25) is 9.69 Å². The molecule has 4 rings (SSSR count). The minimum absolute atomic E-state index is 0.0919. The Labute approximate surface area is 193 Å². The van der Waals surface area contributed by atoms with E-state index in [1.807, 2.05) is 49.4 Å². The number of ether oxygens (including phenoxy) is 2. The van der Waals surface area contributed by atoms with Crippen LogP contribution in [-0.2, 0) is 16.0 Å². The number of carbonyl (C=O) groups is 1. The maximum atomic E-state index is 12.9. The Balaban J connectivity index is 1.46. The third kappa shape index (κ3) is 5.61. The second-order valence-corrected chi connectivity index (χ2v) is 8.30. The lowest BCUT2D eigenvalue weighted by atomic mass is 10.0. The van der Waals surface area contributed by atoms with Crippen molar-refractivity contribution in [1.82, 2.24) is 10.2 Å². The molecule has 1 aliphatic rings. The molecule has 0 aliphatic carbocycles. The van der Waals surface area contributed by atoms with Crippen LogP contribution in [0.5, 0.6) is 5.75 Å². The van der Waals surface area contributed by atoms with Crippen molar-refractivity contribution in [2.24, 2.45) is 0 Å². The van der Waals surface area contributed by atoms with E-state index < -0.39 is 5.63 Å². The molecule has 1 aromatic heterocycles. The summed E-state index contributed by atoms with van der Waals surface area (Å²) in [5, 5.41) is 4.02. The number of methoxy groups -OCH3 is 1. The van der Waals surface area contributed by atoms with E-state index in [0.717, 1.165) is 36.1 Å². The summed E-state index contributed by atoms with van der Waals surface area (Å²) in [4.78, 5) is 27.8. The molecule has 1 saturated heterocycles. The number of nitrogens with one attached hydrogen (secondary N) is 1. The summed E-state index contributed by atoms with van der Waals surface area (Å²) < 4.78 is 16.2. The van der Waals surface area contributed by atoms with Gasteiger partial charge in [-0.25, -0.2) is 4.79 Å². The predicted octanol–water partition coefficient (Wildman–Crippen LogP) is 3.23. The van der Waals surface area contributed by atoms with Crippen LogP contribution in [0.25, 0.3) is 11.0 Å². The predicted molar refractivity (Wildman–Crippen MR) is 127 cm³/mol. The number of aryl methyl sites for hydroxylation is 1.